The maximum atomic E-state index is 14.0. The molecule has 0 aliphatic heterocycles. The highest BCUT2D eigenvalue weighted by molar-refractivity contribution is 7.89. The molecule has 0 radical (unpaired) electrons. The van der Waals surface area contributed by atoms with Crippen molar-refractivity contribution >= 4 is 15.9 Å². The Morgan fingerprint density at radius 2 is 1.69 bits per heavy atom. The fourth-order valence-corrected chi connectivity index (χ4v) is 4.56. The lowest BCUT2D eigenvalue weighted by Gasteiger charge is -2.12. The van der Waals surface area contributed by atoms with E-state index < -0.39 is 39.5 Å². The number of nitrogens with zero attached hydrogens (tertiary/aromatic N) is 4. The van der Waals surface area contributed by atoms with Crippen molar-refractivity contribution < 1.29 is 36.0 Å². The molecule has 15 heteroatoms. The average molecular weight is 599 g/mol. The third-order valence-corrected chi connectivity index (χ3v) is 7.08. The molecule has 2 heterocycles. The molecule has 0 saturated heterocycles. The van der Waals surface area contributed by atoms with Gasteiger partial charge in [0.05, 0.1) is 22.3 Å². The zero-order valence-corrected chi connectivity index (χ0v) is 22.2. The Kier molecular flexibility index (Phi) is 7.64. The second kappa shape index (κ2) is 11.2. The molecule has 3 aromatic carbocycles. The number of carbonyl (C=O) groups excluding carboxylic acids is 1. The summed E-state index contributed by atoms with van der Waals surface area (Å²) in [4.78, 5) is 16.5. The molecular weight excluding hydrogens is 577 g/mol. The van der Waals surface area contributed by atoms with E-state index >= 15 is 0 Å². The van der Waals surface area contributed by atoms with E-state index in [1.165, 1.54) is 60.7 Å². The lowest BCUT2D eigenvalue weighted by molar-refractivity contribution is -0.142. The van der Waals surface area contributed by atoms with Crippen LogP contribution in [0.5, 0.6) is 0 Å². The number of sulfonamides is 1. The highest BCUT2D eigenvalue weighted by atomic mass is 32.2. The monoisotopic (exact) mass is 598 g/mol. The highest BCUT2D eigenvalue weighted by Crippen LogP contribution is 2.38. The van der Waals surface area contributed by atoms with Crippen molar-refractivity contribution in [2.24, 2.45) is 5.14 Å². The Hall–Kier alpha value is -4.86. The number of para-hydroxylation sites is 1. The standard InChI is InChI=1S/C27H21F3N6O5S/c28-27(29,30)23-21(15-33-36(23)19-4-2-1-3-5-19)26-34-24(35-41-26)18-10-8-17(9-11-18)22(37)25(38)32-14-16-6-12-20(13-7-16)42(31,39)40/h1-13,15,22,37H,14H2,(H,32,38)(H2,31,39,40)/t22-/m0/s1. The van der Waals surface area contributed by atoms with E-state index in [9.17, 15) is 31.5 Å². The van der Waals surface area contributed by atoms with Gasteiger partial charge in [0.15, 0.2) is 11.8 Å². The summed E-state index contributed by atoms with van der Waals surface area (Å²) in [6.07, 6.45) is -5.31. The Balaban J connectivity index is 1.29. The predicted molar refractivity (Wildman–Crippen MR) is 142 cm³/mol. The van der Waals surface area contributed by atoms with Crippen LogP contribution in [0.15, 0.2) is 94.5 Å². The predicted octanol–water partition coefficient (Wildman–Crippen LogP) is 3.61. The van der Waals surface area contributed by atoms with E-state index in [1.54, 1.807) is 18.2 Å². The summed E-state index contributed by atoms with van der Waals surface area (Å²) in [5.41, 5.74) is -0.0988. The topological polar surface area (TPSA) is 166 Å². The Morgan fingerprint density at radius 1 is 1.02 bits per heavy atom. The molecule has 5 rings (SSSR count). The summed E-state index contributed by atoms with van der Waals surface area (Å²) < 4.78 is 70.6. The van der Waals surface area contributed by atoms with Crippen LogP contribution in [0.3, 0.4) is 0 Å². The smallest absolute Gasteiger partial charge is 0.378 e. The minimum atomic E-state index is -4.77. The van der Waals surface area contributed by atoms with Crippen LogP contribution in [0.4, 0.5) is 13.2 Å². The second-order valence-electron chi connectivity index (χ2n) is 9.01. The Labute approximate surface area is 236 Å². The quantitative estimate of drug-likeness (QED) is 0.244. The van der Waals surface area contributed by atoms with Gasteiger partial charge in [-0.1, -0.05) is 59.8 Å². The molecule has 42 heavy (non-hydrogen) atoms. The van der Waals surface area contributed by atoms with Crippen LogP contribution in [0.2, 0.25) is 0 Å². The number of aliphatic hydroxyl groups excluding tert-OH is 1. The molecule has 2 aromatic heterocycles. The number of nitrogens with one attached hydrogen (secondary N) is 1. The van der Waals surface area contributed by atoms with Crippen molar-refractivity contribution in [3.8, 4) is 28.5 Å². The number of aromatic nitrogens is 4. The molecule has 0 saturated carbocycles. The number of carbonyl (C=O) groups is 1. The number of primary sulfonamides is 1. The number of amides is 1. The zero-order valence-electron chi connectivity index (χ0n) is 21.4. The lowest BCUT2D eigenvalue weighted by Crippen LogP contribution is -2.28. The molecule has 4 N–H and O–H groups in total. The molecule has 0 aliphatic carbocycles. The molecule has 11 nitrogen and oxygen atoms in total. The Morgan fingerprint density at radius 3 is 2.31 bits per heavy atom. The molecule has 5 aromatic rings. The van der Waals surface area contributed by atoms with E-state index in [4.69, 9.17) is 9.66 Å². The van der Waals surface area contributed by atoms with Crippen molar-refractivity contribution in [3.05, 3.63) is 102 Å². The molecule has 0 bridgehead atoms. The van der Waals surface area contributed by atoms with Crippen LogP contribution in [0.25, 0.3) is 28.5 Å². The first-order valence-electron chi connectivity index (χ1n) is 12.1. The number of halogens is 3. The van der Waals surface area contributed by atoms with Crippen molar-refractivity contribution in [2.75, 3.05) is 0 Å². The third kappa shape index (κ3) is 6.07. The largest absolute Gasteiger partial charge is 0.434 e. The van der Waals surface area contributed by atoms with Gasteiger partial charge in [0.1, 0.15) is 0 Å². The molecule has 216 valence electrons. The number of hydrogen-bond donors (Lipinski definition) is 3. The van der Waals surface area contributed by atoms with Crippen molar-refractivity contribution in [2.45, 2.75) is 23.7 Å². The fourth-order valence-electron chi connectivity index (χ4n) is 4.04. The first kappa shape index (κ1) is 28.7. The van der Waals surface area contributed by atoms with Gasteiger partial charge in [0.2, 0.25) is 15.8 Å². The van der Waals surface area contributed by atoms with Crippen LogP contribution >= 0.6 is 0 Å². The summed E-state index contributed by atoms with van der Waals surface area (Å²) in [6, 6.07) is 19.2. The molecule has 1 amide bonds. The van der Waals surface area contributed by atoms with Crippen molar-refractivity contribution in [3.63, 3.8) is 0 Å². The minimum Gasteiger partial charge on any atom is -0.378 e. The summed E-state index contributed by atoms with van der Waals surface area (Å²) in [5.74, 6) is -1.12. The summed E-state index contributed by atoms with van der Waals surface area (Å²) in [7, 11) is -3.85. The van der Waals surface area contributed by atoms with Crippen LogP contribution < -0.4 is 10.5 Å². The first-order valence-corrected chi connectivity index (χ1v) is 13.7. The number of hydrogen-bond acceptors (Lipinski definition) is 8. The maximum absolute atomic E-state index is 14.0. The van der Waals surface area contributed by atoms with E-state index in [0.29, 0.717) is 11.1 Å². The first-order chi connectivity index (χ1) is 19.9. The van der Waals surface area contributed by atoms with E-state index in [-0.39, 0.29) is 34.4 Å². The molecule has 0 unspecified atom stereocenters. The normalized spacial score (nSPS) is 12.7. The lowest BCUT2D eigenvalue weighted by atomic mass is 10.1. The van der Waals surface area contributed by atoms with E-state index in [1.807, 2.05) is 0 Å². The molecule has 0 fully saturated rings. The second-order valence-corrected chi connectivity index (χ2v) is 10.6. The highest BCUT2D eigenvalue weighted by Gasteiger charge is 2.40. The van der Waals surface area contributed by atoms with Gasteiger partial charge in [-0.05, 0) is 35.4 Å². The van der Waals surface area contributed by atoms with Gasteiger partial charge in [0, 0.05) is 12.1 Å². The van der Waals surface area contributed by atoms with Gasteiger partial charge in [-0.25, -0.2) is 18.2 Å². The third-order valence-electron chi connectivity index (χ3n) is 6.15. The van der Waals surface area contributed by atoms with Crippen molar-refractivity contribution in [1.82, 2.24) is 25.2 Å². The number of rotatable bonds is 8. The van der Waals surface area contributed by atoms with Crippen LogP contribution in [0.1, 0.15) is 22.9 Å². The summed E-state index contributed by atoms with van der Waals surface area (Å²) in [5, 5.41) is 25.7. The van der Waals surface area contributed by atoms with Crippen LogP contribution in [-0.4, -0.2) is 39.4 Å². The van der Waals surface area contributed by atoms with Gasteiger partial charge in [-0.15, -0.1) is 0 Å². The Bertz CT molecular complexity index is 1820. The van der Waals surface area contributed by atoms with Gasteiger partial charge in [0.25, 0.3) is 11.8 Å². The number of nitrogens with two attached hydrogens (primary N) is 1. The zero-order chi connectivity index (χ0) is 30.1. The number of alkyl halides is 3. The van der Waals surface area contributed by atoms with Crippen molar-refractivity contribution in [1.29, 1.82) is 0 Å². The fraction of sp³-hybridized carbons (Fsp3) is 0.111. The summed E-state index contributed by atoms with van der Waals surface area (Å²) in [6.45, 7) is 0.0191. The summed E-state index contributed by atoms with van der Waals surface area (Å²) >= 11 is 0. The van der Waals surface area contributed by atoms with Gasteiger partial charge >= 0.3 is 6.18 Å². The molecule has 0 spiro atoms. The van der Waals surface area contributed by atoms with Gasteiger partial charge in [-0.2, -0.15) is 23.3 Å². The van der Waals surface area contributed by atoms with Gasteiger partial charge in [-0.3, -0.25) is 4.79 Å². The molecular formula is C27H21F3N6O5S. The molecule has 1 atom stereocenters. The van der Waals surface area contributed by atoms with Crippen LogP contribution in [0, 0.1) is 0 Å². The van der Waals surface area contributed by atoms with E-state index in [2.05, 4.69) is 20.6 Å². The SMILES string of the molecule is NS(=O)(=O)c1ccc(CNC(=O)[C@@H](O)c2ccc(-c3noc(-c4cnn(-c5ccccc5)c4C(F)(F)F)n3)cc2)cc1. The maximum Gasteiger partial charge on any atom is 0.434 e. The average Bonchev–Trinajstić information content (AvgIpc) is 3.64. The number of aliphatic hydroxyl groups is 1. The van der Waals surface area contributed by atoms with Crippen LogP contribution in [-0.2, 0) is 27.5 Å². The number of benzene rings is 3. The molecule has 0 aliphatic rings. The minimum absolute atomic E-state index is 0.0148. The van der Waals surface area contributed by atoms with Gasteiger partial charge < -0.3 is 14.9 Å². The van der Waals surface area contributed by atoms with E-state index in [0.717, 1.165) is 10.9 Å².